The number of para-hydroxylation sites is 2. The molecule has 1 aromatic carbocycles. The Morgan fingerprint density at radius 1 is 1.35 bits per heavy atom. The van der Waals surface area contributed by atoms with E-state index in [1.807, 2.05) is 50.2 Å². The SMILES string of the molecule is Cc1c(C(=O)/C=C/N(C)C)sc2nc3ccccc3n12. The number of nitrogens with zero attached hydrogens (tertiary/aromatic N) is 3. The van der Waals surface area contributed by atoms with Crippen molar-refractivity contribution in [1.29, 1.82) is 0 Å². The number of rotatable bonds is 3. The molecule has 0 atom stereocenters. The first kappa shape index (κ1) is 12.9. The molecule has 2 aromatic heterocycles. The number of allylic oxidation sites excluding steroid dienone is 1. The molecule has 0 bridgehead atoms. The van der Waals surface area contributed by atoms with E-state index in [1.54, 1.807) is 12.3 Å². The van der Waals surface area contributed by atoms with Gasteiger partial charge in [0.1, 0.15) is 0 Å². The van der Waals surface area contributed by atoms with Gasteiger partial charge in [-0.25, -0.2) is 4.98 Å². The van der Waals surface area contributed by atoms with E-state index in [0.29, 0.717) is 0 Å². The largest absolute Gasteiger partial charge is 0.383 e. The highest BCUT2D eigenvalue weighted by atomic mass is 32.1. The Morgan fingerprint density at radius 2 is 2.10 bits per heavy atom. The fourth-order valence-electron chi connectivity index (χ4n) is 2.18. The van der Waals surface area contributed by atoms with Gasteiger partial charge in [-0.15, -0.1) is 0 Å². The second-order valence-corrected chi connectivity index (χ2v) is 5.86. The standard InChI is InChI=1S/C15H15N3OS/c1-10-14(13(19)8-9-17(2)3)20-15-16-11-6-4-5-7-12(11)18(10)15/h4-9H,1-3H3/b9-8+. The van der Waals surface area contributed by atoms with Crippen molar-refractivity contribution in [2.75, 3.05) is 14.1 Å². The Balaban J connectivity index is 2.14. The lowest BCUT2D eigenvalue weighted by Gasteiger charge is -2.02. The van der Waals surface area contributed by atoms with Gasteiger partial charge in [0.25, 0.3) is 0 Å². The number of fused-ring (bicyclic) bond motifs is 3. The van der Waals surface area contributed by atoms with Crippen LogP contribution in [0.3, 0.4) is 0 Å². The summed E-state index contributed by atoms with van der Waals surface area (Å²) in [7, 11) is 3.79. The maximum absolute atomic E-state index is 12.2. The number of aromatic nitrogens is 2. The third-order valence-corrected chi connectivity index (χ3v) is 4.29. The highest BCUT2D eigenvalue weighted by Crippen LogP contribution is 2.28. The Hall–Kier alpha value is -2.14. The number of carbonyl (C=O) groups is 1. The summed E-state index contributed by atoms with van der Waals surface area (Å²) in [6.45, 7) is 1.97. The quantitative estimate of drug-likeness (QED) is 0.548. The summed E-state index contributed by atoms with van der Waals surface area (Å²) >= 11 is 1.44. The lowest BCUT2D eigenvalue weighted by Crippen LogP contribution is -2.03. The summed E-state index contributed by atoms with van der Waals surface area (Å²) in [6, 6.07) is 7.97. The molecular formula is C15H15N3OS. The number of ketones is 1. The molecule has 0 radical (unpaired) electrons. The minimum atomic E-state index is 0.0239. The van der Waals surface area contributed by atoms with Gasteiger partial charge >= 0.3 is 0 Å². The number of carbonyl (C=O) groups excluding carboxylic acids is 1. The van der Waals surface area contributed by atoms with Crippen molar-refractivity contribution in [3.63, 3.8) is 0 Å². The number of hydrogen-bond donors (Lipinski definition) is 0. The van der Waals surface area contributed by atoms with Crippen molar-refractivity contribution in [3.8, 4) is 0 Å². The maximum atomic E-state index is 12.2. The van der Waals surface area contributed by atoms with Crippen LogP contribution in [0.5, 0.6) is 0 Å². The maximum Gasteiger partial charge on any atom is 0.199 e. The van der Waals surface area contributed by atoms with Crippen LogP contribution in [0, 0.1) is 6.92 Å². The second kappa shape index (κ2) is 4.76. The van der Waals surface area contributed by atoms with Crippen molar-refractivity contribution in [1.82, 2.24) is 14.3 Å². The van der Waals surface area contributed by atoms with Gasteiger partial charge in [-0.2, -0.15) is 0 Å². The van der Waals surface area contributed by atoms with Crippen LogP contribution in [-0.4, -0.2) is 34.2 Å². The number of imidazole rings is 1. The fraction of sp³-hybridized carbons (Fsp3) is 0.200. The molecule has 0 fully saturated rings. The molecule has 0 unspecified atom stereocenters. The Morgan fingerprint density at radius 3 is 2.85 bits per heavy atom. The van der Waals surface area contributed by atoms with E-state index >= 15 is 0 Å². The van der Waals surface area contributed by atoms with Gasteiger partial charge in [0, 0.05) is 32.1 Å². The summed E-state index contributed by atoms with van der Waals surface area (Å²) in [4.78, 5) is 20.3. The molecular weight excluding hydrogens is 270 g/mol. The van der Waals surface area contributed by atoms with Gasteiger partial charge in [-0.1, -0.05) is 23.5 Å². The van der Waals surface area contributed by atoms with E-state index in [2.05, 4.69) is 9.38 Å². The Labute approximate surface area is 121 Å². The average Bonchev–Trinajstić information content (AvgIpc) is 2.93. The van der Waals surface area contributed by atoms with Crippen LogP contribution >= 0.6 is 11.3 Å². The van der Waals surface area contributed by atoms with Gasteiger partial charge in [0.05, 0.1) is 15.9 Å². The zero-order chi connectivity index (χ0) is 14.3. The first-order chi connectivity index (χ1) is 9.58. The summed E-state index contributed by atoms with van der Waals surface area (Å²) in [5.41, 5.74) is 2.96. The number of thiazole rings is 1. The zero-order valence-electron chi connectivity index (χ0n) is 11.6. The summed E-state index contributed by atoms with van der Waals surface area (Å²) in [6.07, 6.45) is 3.36. The summed E-state index contributed by atoms with van der Waals surface area (Å²) in [5, 5.41) is 0. The van der Waals surface area contributed by atoms with Gasteiger partial charge in [0.2, 0.25) is 0 Å². The van der Waals surface area contributed by atoms with Crippen molar-refractivity contribution in [2.45, 2.75) is 6.92 Å². The minimum Gasteiger partial charge on any atom is -0.383 e. The predicted octanol–water partition coefficient (Wildman–Crippen LogP) is 3.12. The normalized spacial score (nSPS) is 11.8. The third kappa shape index (κ3) is 2.00. The van der Waals surface area contributed by atoms with Crippen LogP contribution in [0.25, 0.3) is 16.0 Å². The van der Waals surface area contributed by atoms with Crippen LogP contribution in [0.15, 0.2) is 36.5 Å². The van der Waals surface area contributed by atoms with Crippen molar-refractivity contribution >= 4 is 33.1 Å². The predicted molar refractivity (Wildman–Crippen MR) is 82.5 cm³/mol. The number of aryl methyl sites for hydroxylation is 1. The first-order valence-corrected chi connectivity index (χ1v) is 7.15. The minimum absolute atomic E-state index is 0.0239. The van der Waals surface area contributed by atoms with E-state index in [9.17, 15) is 4.79 Å². The van der Waals surface area contributed by atoms with Crippen LogP contribution in [-0.2, 0) is 0 Å². The van der Waals surface area contributed by atoms with E-state index in [0.717, 1.165) is 26.6 Å². The molecule has 0 N–H and O–H groups in total. The molecule has 0 spiro atoms. The lowest BCUT2D eigenvalue weighted by molar-refractivity contribution is 0.104. The zero-order valence-corrected chi connectivity index (χ0v) is 12.4. The molecule has 3 aromatic rings. The molecule has 5 heteroatoms. The molecule has 2 heterocycles. The van der Waals surface area contributed by atoms with Gasteiger partial charge in [-0.05, 0) is 19.1 Å². The molecule has 0 aliphatic heterocycles. The fourth-order valence-corrected chi connectivity index (χ4v) is 3.24. The molecule has 0 aliphatic rings. The average molecular weight is 285 g/mol. The van der Waals surface area contributed by atoms with E-state index in [-0.39, 0.29) is 5.78 Å². The van der Waals surface area contributed by atoms with E-state index in [4.69, 9.17) is 0 Å². The van der Waals surface area contributed by atoms with Crippen LogP contribution in [0.4, 0.5) is 0 Å². The summed E-state index contributed by atoms with van der Waals surface area (Å²) in [5.74, 6) is 0.0239. The summed E-state index contributed by atoms with van der Waals surface area (Å²) < 4.78 is 2.05. The second-order valence-electron chi connectivity index (χ2n) is 4.88. The van der Waals surface area contributed by atoms with E-state index in [1.165, 1.54) is 11.3 Å². The highest BCUT2D eigenvalue weighted by Gasteiger charge is 2.16. The van der Waals surface area contributed by atoms with Crippen LogP contribution < -0.4 is 0 Å². The van der Waals surface area contributed by atoms with Crippen molar-refractivity contribution in [3.05, 3.63) is 47.1 Å². The molecule has 20 heavy (non-hydrogen) atoms. The van der Waals surface area contributed by atoms with Crippen molar-refractivity contribution < 1.29 is 4.79 Å². The Kier molecular flexibility index (Phi) is 3.06. The first-order valence-electron chi connectivity index (χ1n) is 6.33. The Bertz CT molecular complexity index is 826. The smallest absolute Gasteiger partial charge is 0.199 e. The molecule has 3 rings (SSSR count). The highest BCUT2D eigenvalue weighted by molar-refractivity contribution is 7.19. The monoisotopic (exact) mass is 285 g/mol. The van der Waals surface area contributed by atoms with Gasteiger partial charge < -0.3 is 4.90 Å². The third-order valence-electron chi connectivity index (χ3n) is 3.14. The molecule has 0 saturated carbocycles. The number of hydrogen-bond acceptors (Lipinski definition) is 4. The van der Waals surface area contributed by atoms with Crippen LogP contribution in [0.1, 0.15) is 15.4 Å². The van der Waals surface area contributed by atoms with E-state index < -0.39 is 0 Å². The van der Waals surface area contributed by atoms with Crippen LogP contribution in [0.2, 0.25) is 0 Å². The number of benzene rings is 1. The topological polar surface area (TPSA) is 37.6 Å². The van der Waals surface area contributed by atoms with Gasteiger partial charge in [0.15, 0.2) is 10.7 Å². The van der Waals surface area contributed by atoms with Crippen molar-refractivity contribution in [2.24, 2.45) is 0 Å². The molecule has 0 aliphatic carbocycles. The van der Waals surface area contributed by atoms with Gasteiger partial charge in [-0.3, -0.25) is 9.20 Å². The molecule has 4 nitrogen and oxygen atoms in total. The molecule has 0 amide bonds. The molecule has 0 saturated heterocycles. The molecule has 102 valence electrons. The lowest BCUT2D eigenvalue weighted by atomic mass is 10.2.